The van der Waals surface area contributed by atoms with Crippen LogP contribution in [0, 0.1) is 23.7 Å². The first-order chi connectivity index (χ1) is 12.4. The number of nitrogens with one attached hydrogen (secondary N) is 1. The molecule has 26 heavy (non-hydrogen) atoms. The summed E-state index contributed by atoms with van der Waals surface area (Å²) in [6, 6.07) is 9.67. The summed E-state index contributed by atoms with van der Waals surface area (Å²) in [5.41, 5.74) is 0.728. The van der Waals surface area contributed by atoms with Crippen molar-refractivity contribution in [2.45, 2.75) is 43.2 Å². The van der Waals surface area contributed by atoms with Crippen molar-refractivity contribution in [3.63, 3.8) is 0 Å². The Balaban J connectivity index is 1.73. The van der Waals surface area contributed by atoms with Crippen LogP contribution in [0.5, 0.6) is 5.75 Å². The second-order valence-corrected chi connectivity index (χ2v) is 7.99. The number of amides is 1. The second-order valence-electron chi connectivity index (χ2n) is 6.67. The Hall–Kier alpha value is -1.91. The summed E-state index contributed by atoms with van der Waals surface area (Å²) >= 11 is 5.66. The molecule has 1 aliphatic rings. The predicted molar refractivity (Wildman–Crippen MR) is 107 cm³/mol. The zero-order chi connectivity index (χ0) is 18.9. The van der Waals surface area contributed by atoms with E-state index in [2.05, 4.69) is 29.0 Å². The minimum Gasteiger partial charge on any atom is -0.470 e. The first-order valence-electron chi connectivity index (χ1n) is 8.40. The lowest BCUT2D eigenvalue weighted by molar-refractivity contribution is -0.125. The normalized spacial score (nSPS) is 17.2. The molecule has 7 heteroatoms. The van der Waals surface area contributed by atoms with Crippen LogP contribution < -0.4 is 10.1 Å². The van der Waals surface area contributed by atoms with Gasteiger partial charge in [-0.2, -0.15) is 5.26 Å². The number of rotatable bonds is 6. The van der Waals surface area contributed by atoms with E-state index in [1.807, 2.05) is 38.3 Å². The molecule has 3 rings (SSSR count). The van der Waals surface area contributed by atoms with Crippen molar-refractivity contribution in [2.24, 2.45) is 5.41 Å². The van der Waals surface area contributed by atoms with Gasteiger partial charge in [0, 0.05) is 11.4 Å². The minimum atomic E-state index is -0.678. The molecular formula is C19H21N3O2S2. The smallest absolute Gasteiger partial charge is 0.272 e. The molecule has 1 saturated carbocycles. The third-order valence-corrected chi connectivity index (χ3v) is 6.01. The monoisotopic (exact) mass is 387 g/mol. The lowest BCUT2D eigenvalue weighted by Gasteiger charge is -2.22. The number of ether oxygens (including phenoxy) is 1. The molecule has 2 aromatic rings. The molecule has 1 aromatic heterocycles. The van der Waals surface area contributed by atoms with Crippen molar-refractivity contribution in [3.05, 3.63) is 29.8 Å². The number of pyridine rings is 1. The van der Waals surface area contributed by atoms with E-state index in [-0.39, 0.29) is 11.9 Å². The number of fused-ring (bicyclic) bond motifs is 1. The van der Waals surface area contributed by atoms with Crippen LogP contribution in [0.3, 0.4) is 0 Å². The molecule has 0 spiro atoms. The third-order valence-electron chi connectivity index (χ3n) is 4.82. The maximum Gasteiger partial charge on any atom is 0.272 e. The topological polar surface area (TPSA) is 75.0 Å². The van der Waals surface area contributed by atoms with Gasteiger partial charge in [0.2, 0.25) is 5.44 Å². The molecule has 0 aliphatic heterocycles. The standard InChI is InChI=1S/C19H21N3O2S2/c1-11-8-13-9-14(4-5-15(13)22-17(11)25)24-18(26-3)16(23)21-12(2)19(10-20)6-7-19/h4-5,8-9,12,18H,6-7H2,1-3H3,(H,21,23)(H,22,25). The van der Waals surface area contributed by atoms with Crippen LogP contribution in [0.4, 0.5) is 0 Å². The summed E-state index contributed by atoms with van der Waals surface area (Å²) in [4.78, 5) is 17.0. The SMILES string of the molecule is CSC(Oc1ccc2nc(S)c(C)cc2c1)C(=O)NC(C)C1(C#N)CC1. The highest BCUT2D eigenvalue weighted by molar-refractivity contribution is 7.99. The van der Waals surface area contributed by atoms with Gasteiger partial charge in [0.1, 0.15) is 5.75 Å². The van der Waals surface area contributed by atoms with Gasteiger partial charge in [-0.05, 0) is 62.8 Å². The highest BCUT2D eigenvalue weighted by Crippen LogP contribution is 2.48. The zero-order valence-electron chi connectivity index (χ0n) is 14.9. The fourth-order valence-corrected chi connectivity index (χ4v) is 3.51. The van der Waals surface area contributed by atoms with E-state index in [9.17, 15) is 10.1 Å². The first-order valence-corrected chi connectivity index (χ1v) is 10.1. The predicted octanol–water partition coefficient (Wildman–Crippen LogP) is 3.71. The van der Waals surface area contributed by atoms with Crippen LogP contribution in [0.15, 0.2) is 29.3 Å². The molecule has 5 nitrogen and oxygen atoms in total. The van der Waals surface area contributed by atoms with Gasteiger partial charge >= 0.3 is 0 Å². The molecule has 1 N–H and O–H groups in total. The summed E-state index contributed by atoms with van der Waals surface area (Å²) in [5, 5.41) is 13.8. The van der Waals surface area contributed by atoms with E-state index >= 15 is 0 Å². The number of aromatic nitrogens is 1. The van der Waals surface area contributed by atoms with Crippen LogP contribution in [0.25, 0.3) is 10.9 Å². The second kappa shape index (κ2) is 7.37. The number of carbonyl (C=O) groups excluding carboxylic acids is 1. The first kappa shape index (κ1) is 18.9. The molecule has 1 heterocycles. The van der Waals surface area contributed by atoms with Gasteiger partial charge in [0.25, 0.3) is 5.91 Å². The van der Waals surface area contributed by atoms with Gasteiger partial charge < -0.3 is 10.1 Å². The summed E-state index contributed by atoms with van der Waals surface area (Å²) in [5.74, 6) is 0.390. The van der Waals surface area contributed by atoms with Crippen LogP contribution in [-0.2, 0) is 4.79 Å². The molecule has 0 radical (unpaired) electrons. The Morgan fingerprint density at radius 1 is 1.46 bits per heavy atom. The number of thioether (sulfide) groups is 1. The van der Waals surface area contributed by atoms with E-state index in [0.717, 1.165) is 29.3 Å². The molecule has 1 amide bonds. The fraction of sp³-hybridized carbons (Fsp3) is 0.421. The van der Waals surface area contributed by atoms with Gasteiger partial charge in [-0.1, -0.05) is 0 Å². The van der Waals surface area contributed by atoms with Gasteiger partial charge in [0.15, 0.2) is 0 Å². The number of carbonyl (C=O) groups is 1. The van der Waals surface area contributed by atoms with E-state index in [4.69, 9.17) is 4.74 Å². The van der Waals surface area contributed by atoms with Crippen LogP contribution >= 0.6 is 24.4 Å². The lowest BCUT2D eigenvalue weighted by atomic mass is 10.0. The number of nitrogens with zero attached hydrogens (tertiary/aromatic N) is 2. The zero-order valence-corrected chi connectivity index (χ0v) is 16.7. The minimum absolute atomic E-state index is 0.185. The summed E-state index contributed by atoms with van der Waals surface area (Å²) in [6.07, 6.45) is 3.49. The Labute approximate surface area is 162 Å². The van der Waals surface area contributed by atoms with E-state index < -0.39 is 10.9 Å². The van der Waals surface area contributed by atoms with Gasteiger partial charge in [-0.15, -0.1) is 24.4 Å². The van der Waals surface area contributed by atoms with Crippen molar-refractivity contribution in [1.82, 2.24) is 10.3 Å². The molecule has 2 atom stereocenters. The van der Waals surface area contributed by atoms with Crippen LogP contribution in [-0.4, -0.2) is 28.6 Å². The molecule has 0 saturated heterocycles. The average molecular weight is 388 g/mol. The lowest BCUT2D eigenvalue weighted by Crippen LogP contribution is -2.44. The van der Waals surface area contributed by atoms with Crippen LogP contribution in [0.1, 0.15) is 25.3 Å². The Morgan fingerprint density at radius 3 is 2.81 bits per heavy atom. The molecule has 1 fully saturated rings. The summed E-state index contributed by atoms with van der Waals surface area (Å²) in [7, 11) is 0. The Bertz CT molecular complexity index is 890. The number of hydrogen-bond donors (Lipinski definition) is 2. The molecule has 136 valence electrons. The van der Waals surface area contributed by atoms with Crippen LogP contribution in [0.2, 0.25) is 0 Å². The Kier molecular flexibility index (Phi) is 5.35. The molecule has 1 aromatic carbocycles. The van der Waals surface area contributed by atoms with Crippen molar-refractivity contribution in [3.8, 4) is 11.8 Å². The van der Waals surface area contributed by atoms with Crippen molar-refractivity contribution < 1.29 is 9.53 Å². The third kappa shape index (κ3) is 3.76. The number of nitriles is 1. The fourth-order valence-electron chi connectivity index (χ4n) is 2.85. The van der Waals surface area contributed by atoms with Crippen molar-refractivity contribution in [1.29, 1.82) is 5.26 Å². The number of benzene rings is 1. The highest BCUT2D eigenvalue weighted by Gasteiger charge is 2.49. The maximum absolute atomic E-state index is 12.6. The van der Waals surface area contributed by atoms with E-state index in [1.165, 1.54) is 11.8 Å². The van der Waals surface area contributed by atoms with Crippen molar-refractivity contribution >= 4 is 41.2 Å². The van der Waals surface area contributed by atoms with Gasteiger partial charge in [0.05, 0.1) is 22.0 Å². The average Bonchev–Trinajstić information content (AvgIpc) is 3.42. The molecular weight excluding hydrogens is 366 g/mol. The maximum atomic E-state index is 12.6. The molecule has 2 unspecified atom stereocenters. The molecule has 0 bridgehead atoms. The number of hydrogen-bond acceptors (Lipinski definition) is 6. The van der Waals surface area contributed by atoms with Crippen molar-refractivity contribution in [2.75, 3.05) is 6.26 Å². The van der Waals surface area contributed by atoms with Gasteiger partial charge in [-0.25, -0.2) is 4.98 Å². The number of thiol groups is 1. The largest absolute Gasteiger partial charge is 0.470 e. The summed E-state index contributed by atoms with van der Waals surface area (Å²) in [6.45, 7) is 3.83. The van der Waals surface area contributed by atoms with Gasteiger partial charge in [-0.3, -0.25) is 4.79 Å². The van der Waals surface area contributed by atoms with E-state index in [0.29, 0.717) is 10.8 Å². The number of aryl methyl sites for hydroxylation is 1. The highest BCUT2D eigenvalue weighted by atomic mass is 32.2. The quantitative estimate of drug-likeness (QED) is 0.584. The van der Waals surface area contributed by atoms with E-state index in [1.54, 1.807) is 6.07 Å². The Morgan fingerprint density at radius 2 is 2.19 bits per heavy atom. The summed E-state index contributed by atoms with van der Waals surface area (Å²) < 4.78 is 5.89. The molecule has 1 aliphatic carbocycles.